The summed E-state index contributed by atoms with van der Waals surface area (Å²) in [6.45, 7) is 0.480. The van der Waals surface area contributed by atoms with Crippen LogP contribution in [0.2, 0.25) is 0 Å². The Morgan fingerprint density at radius 1 is 1.00 bits per heavy atom. The van der Waals surface area contributed by atoms with Gasteiger partial charge in [-0.15, -0.1) is 12.3 Å². The summed E-state index contributed by atoms with van der Waals surface area (Å²) in [4.78, 5) is 36.7. The molecule has 7 heteroatoms. The molecule has 0 saturated carbocycles. The summed E-state index contributed by atoms with van der Waals surface area (Å²) >= 11 is 0. The third-order valence-electron chi connectivity index (χ3n) is 4.68. The fourth-order valence-corrected chi connectivity index (χ4v) is 3.03. The van der Waals surface area contributed by atoms with Crippen molar-refractivity contribution in [2.24, 2.45) is 0 Å². The number of hydrogen-bond acceptors (Lipinski definition) is 5. The van der Waals surface area contributed by atoms with E-state index < -0.39 is 42.4 Å². The van der Waals surface area contributed by atoms with Crippen LogP contribution in [0.5, 0.6) is 0 Å². The van der Waals surface area contributed by atoms with E-state index in [9.17, 15) is 19.5 Å². The number of amides is 2. The highest BCUT2D eigenvalue weighted by Gasteiger charge is 2.28. The lowest BCUT2D eigenvalue weighted by Gasteiger charge is -2.23. The molecule has 0 saturated heterocycles. The van der Waals surface area contributed by atoms with Crippen molar-refractivity contribution in [3.63, 3.8) is 0 Å². The quantitative estimate of drug-likeness (QED) is 0.424. The third kappa shape index (κ3) is 7.07. The van der Waals surface area contributed by atoms with Crippen LogP contribution < -0.4 is 10.6 Å². The standard InChI is InChI=1S/C24H26N2O5/c1-3-7-20(24(31)26-23(16(2)28)21(29)15-27)25-22(30)14-17-10-12-19(13-11-17)18-8-5-4-6-9-18/h1,4-6,8-13,16,20,23,27-28H,7,14-15H2,2H3,(H,25,30)(H,26,31)/t16-,20+,23+/m1/s1. The first-order valence-corrected chi connectivity index (χ1v) is 9.85. The Morgan fingerprint density at radius 3 is 2.16 bits per heavy atom. The lowest BCUT2D eigenvalue weighted by atomic mass is 10.0. The molecule has 0 unspecified atom stereocenters. The molecule has 162 valence electrons. The number of benzene rings is 2. The lowest BCUT2D eigenvalue weighted by molar-refractivity contribution is -0.134. The van der Waals surface area contributed by atoms with Gasteiger partial charge in [-0.1, -0.05) is 54.6 Å². The lowest BCUT2D eigenvalue weighted by Crippen LogP contribution is -2.55. The average Bonchev–Trinajstić information content (AvgIpc) is 2.77. The van der Waals surface area contributed by atoms with Crippen molar-refractivity contribution in [3.8, 4) is 23.5 Å². The molecule has 0 heterocycles. The first-order chi connectivity index (χ1) is 14.8. The van der Waals surface area contributed by atoms with Gasteiger partial charge in [0.15, 0.2) is 5.78 Å². The molecule has 7 nitrogen and oxygen atoms in total. The summed E-state index contributed by atoms with van der Waals surface area (Å²) in [5.41, 5.74) is 2.84. The summed E-state index contributed by atoms with van der Waals surface area (Å²) in [6, 6.07) is 15.0. The highest BCUT2D eigenvalue weighted by Crippen LogP contribution is 2.19. The first kappa shape index (κ1) is 23.8. The Kier molecular flexibility index (Phi) is 8.94. The zero-order valence-electron chi connectivity index (χ0n) is 17.2. The van der Waals surface area contributed by atoms with E-state index in [2.05, 4.69) is 16.6 Å². The maximum Gasteiger partial charge on any atom is 0.244 e. The Hall–Kier alpha value is -3.47. The summed E-state index contributed by atoms with van der Waals surface area (Å²) in [5.74, 6) is 0.452. The van der Waals surface area contributed by atoms with E-state index in [1.807, 2.05) is 54.6 Å². The minimum atomic E-state index is -1.29. The molecule has 0 aliphatic heterocycles. The minimum absolute atomic E-state index is 0.0405. The molecule has 2 aromatic rings. The molecule has 2 aromatic carbocycles. The smallest absolute Gasteiger partial charge is 0.244 e. The molecule has 0 aliphatic rings. The second kappa shape index (κ2) is 11.6. The number of hydrogen-bond donors (Lipinski definition) is 4. The molecule has 0 bridgehead atoms. The maximum absolute atomic E-state index is 12.5. The summed E-state index contributed by atoms with van der Waals surface area (Å²) in [6.07, 6.45) is 4.04. The predicted octanol–water partition coefficient (Wildman–Crippen LogP) is 0.831. The van der Waals surface area contributed by atoms with Crippen LogP contribution in [-0.4, -0.2) is 52.6 Å². The van der Waals surface area contributed by atoms with Gasteiger partial charge in [-0.25, -0.2) is 0 Å². The molecule has 2 amide bonds. The molecule has 2 rings (SSSR count). The van der Waals surface area contributed by atoms with E-state index in [1.165, 1.54) is 6.92 Å². The van der Waals surface area contributed by atoms with Crippen molar-refractivity contribution >= 4 is 17.6 Å². The van der Waals surface area contributed by atoms with Gasteiger partial charge in [0.25, 0.3) is 0 Å². The number of nitrogens with one attached hydrogen (secondary N) is 2. The number of Topliss-reactive ketones (excluding diaryl/α,β-unsaturated/α-hetero) is 1. The van der Waals surface area contributed by atoms with Crippen molar-refractivity contribution in [2.45, 2.75) is 38.0 Å². The minimum Gasteiger partial charge on any atom is -0.391 e. The van der Waals surface area contributed by atoms with Gasteiger partial charge in [-0.05, 0) is 23.6 Å². The van der Waals surface area contributed by atoms with Gasteiger partial charge in [0.1, 0.15) is 18.7 Å². The molecule has 3 atom stereocenters. The zero-order valence-corrected chi connectivity index (χ0v) is 17.2. The monoisotopic (exact) mass is 422 g/mol. The maximum atomic E-state index is 12.5. The van der Waals surface area contributed by atoms with Gasteiger partial charge in [-0.3, -0.25) is 14.4 Å². The van der Waals surface area contributed by atoms with Crippen LogP contribution >= 0.6 is 0 Å². The van der Waals surface area contributed by atoms with Crippen LogP contribution in [0.1, 0.15) is 18.9 Å². The van der Waals surface area contributed by atoms with E-state index in [0.29, 0.717) is 0 Å². The van der Waals surface area contributed by atoms with Crippen LogP contribution in [0, 0.1) is 12.3 Å². The molecule has 4 N–H and O–H groups in total. The molecule has 31 heavy (non-hydrogen) atoms. The SMILES string of the molecule is C#CC[C@H](NC(=O)Cc1ccc(-c2ccccc2)cc1)C(=O)N[C@H](C(=O)CO)[C@@H](C)O. The third-order valence-corrected chi connectivity index (χ3v) is 4.68. The zero-order chi connectivity index (χ0) is 22.8. The van der Waals surface area contributed by atoms with E-state index in [0.717, 1.165) is 16.7 Å². The van der Waals surface area contributed by atoms with E-state index in [1.54, 1.807) is 0 Å². The number of aliphatic hydroxyl groups is 2. The average molecular weight is 422 g/mol. The van der Waals surface area contributed by atoms with Crippen LogP contribution in [0.15, 0.2) is 54.6 Å². The molecule has 0 aliphatic carbocycles. The van der Waals surface area contributed by atoms with Crippen LogP contribution in [0.25, 0.3) is 11.1 Å². The van der Waals surface area contributed by atoms with Gasteiger partial charge >= 0.3 is 0 Å². The largest absolute Gasteiger partial charge is 0.391 e. The number of rotatable bonds is 10. The molecule has 0 radical (unpaired) electrons. The second-order valence-corrected chi connectivity index (χ2v) is 7.12. The van der Waals surface area contributed by atoms with Crippen LogP contribution in [-0.2, 0) is 20.8 Å². The highest BCUT2D eigenvalue weighted by molar-refractivity contribution is 5.93. The van der Waals surface area contributed by atoms with E-state index >= 15 is 0 Å². The fourth-order valence-electron chi connectivity index (χ4n) is 3.03. The predicted molar refractivity (Wildman–Crippen MR) is 117 cm³/mol. The van der Waals surface area contributed by atoms with E-state index in [4.69, 9.17) is 11.5 Å². The number of carbonyl (C=O) groups is 3. The van der Waals surface area contributed by atoms with Gasteiger partial charge in [0.2, 0.25) is 11.8 Å². The van der Waals surface area contributed by atoms with E-state index in [-0.39, 0.29) is 12.8 Å². The van der Waals surface area contributed by atoms with Crippen molar-refractivity contribution in [2.75, 3.05) is 6.61 Å². The van der Waals surface area contributed by atoms with Gasteiger partial charge < -0.3 is 20.8 Å². The number of aliphatic hydroxyl groups excluding tert-OH is 2. The molecular formula is C24H26N2O5. The fraction of sp³-hybridized carbons (Fsp3) is 0.292. The van der Waals surface area contributed by atoms with Crippen molar-refractivity contribution < 1.29 is 24.6 Å². The molecule has 0 spiro atoms. The Balaban J connectivity index is 2.01. The Morgan fingerprint density at radius 2 is 1.61 bits per heavy atom. The van der Waals surface area contributed by atoms with Crippen LogP contribution in [0.3, 0.4) is 0 Å². The van der Waals surface area contributed by atoms with Crippen LogP contribution in [0.4, 0.5) is 0 Å². The van der Waals surface area contributed by atoms with Crippen molar-refractivity contribution in [1.29, 1.82) is 0 Å². The number of carbonyl (C=O) groups excluding carboxylic acids is 3. The Labute approximate surface area is 181 Å². The molecule has 0 fully saturated rings. The summed E-state index contributed by atoms with van der Waals surface area (Å²) < 4.78 is 0. The summed E-state index contributed by atoms with van der Waals surface area (Å²) in [5, 5.41) is 23.6. The van der Waals surface area contributed by atoms with Crippen molar-refractivity contribution in [1.82, 2.24) is 10.6 Å². The summed E-state index contributed by atoms with van der Waals surface area (Å²) in [7, 11) is 0. The van der Waals surface area contributed by atoms with Gasteiger partial charge in [0.05, 0.1) is 12.5 Å². The molecular weight excluding hydrogens is 396 g/mol. The topological polar surface area (TPSA) is 116 Å². The number of terminal acetylenes is 1. The second-order valence-electron chi connectivity index (χ2n) is 7.12. The Bertz CT molecular complexity index is 933. The normalized spacial score (nSPS) is 13.4. The first-order valence-electron chi connectivity index (χ1n) is 9.85. The highest BCUT2D eigenvalue weighted by atomic mass is 16.3. The van der Waals surface area contributed by atoms with Gasteiger partial charge in [0, 0.05) is 6.42 Å². The molecule has 0 aromatic heterocycles. The number of ketones is 1. The van der Waals surface area contributed by atoms with Crippen molar-refractivity contribution in [3.05, 3.63) is 60.2 Å². The van der Waals surface area contributed by atoms with Gasteiger partial charge in [-0.2, -0.15) is 0 Å².